The predicted molar refractivity (Wildman–Crippen MR) is 125 cm³/mol. The number of H-pyrrole nitrogens is 1. The van der Waals surface area contributed by atoms with Crippen molar-refractivity contribution in [2.75, 3.05) is 13.1 Å². The number of benzene rings is 2. The van der Waals surface area contributed by atoms with Crippen LogP contribution in [0.25, 0.3) is 10.9 Å². The molecule has 1 saturated heterocycles. The van der Waals surface area contributed by atoms with E-state index in [0.717, 1.165) is 48.8 Å². The summed E-state index contributed by atoms with van der Waals surface area (Å²) in [6.07, 6.45) is 4.39. The first-order valence-electron chi connectivity index (χ1n) is 11.4. The first-order chi connectivity index (χ1) is 15.7. The Kier molecular flexibility index (Phi) is 5.81. The zero-order valence-electron chi connectivity index (χ0n) is 18.4. The van der Waals surface area contributed by atoms with Crippen molar-refractivity contribution < 1.29 is 0 Å². The molecule has 7 heteroatoms. The Bertz CT molecular complexity index is 1260. The van der Waals surface area contributed by atoms with Crippen LogP contribution in [0.1, 0.15) is 54.7 Å². The molecule has 32 heavy (non-hydrogen) atoms. The zero-order valence-corrected chi connectivity index (χ0v) is 18.4. The van der Waals surface area contributed by atoms with Gasteiger partial charge >= 0.3 is 0 Å². The first-order valence-corrected chi connectivity index (χ1v) is 11.4. The van der Waals surface area contributed by atoms with Crippen LogP contribution in [0, 0.1) is 0 Å². The molecule has 0 amide bonds. The second-order valence-corrected chi connectivity index (χ2v) is 8.51. The maximum atomic E-state index is 13.3. The Morgan fingerprint density at radius 2 is 1.81 bits per heavy atom. The third-order valence-electron chi connectivity index (χ3n) is 6.38. The summed E-state index contributed by atoms with van der Waals surface area (Å²) >= 11 is 0. The smallest absolute Gasteiger partial charge is 0.253 e. The van der Waals surface area contributed by atoms with Crippen LogP contribution in [0.3, 0.4) is 0 Å². The Hall–Kier alpha value is -3.32. The lowest BCUT2D eigenvalue weighted by Gasteiger charge is -2.33. The van der Waals surface area contributed by atoms with E-state index in [9.17, 15) is 4.79 Å². The number of fused-ring (bicyclic) bond motifs is 1. The van der Waals surface area contributed by atoms with Gasteiger partial charge in [0, 0.05) is 11.1 Å². The fraction of sp³-hybridized carbons (Fsp3) is 0.360. The highest BCUT2D eigenvalue weighted by Gasteiger charge is 2.31. The van der Waals surface area contributed by atoms with E-state index in [4.69, 9.17) is 0 Å². The lowest BCUT2D eigenvalue weighted by atomic mass is 9.99. The fourth-order valence-corrected chi connectivity index (χ4v) is 4.65. The van der Waals surface area contributed by atoms with Gasteiger partial charge in [-0.15, -0.1) is 5.10 Å². The van der Waals surface area contributed by atoms with Crippen molar-refractivity contribution >= 4 is 10.9 Å². The van der Waals surface area contributed by atoms with Crippen LogP contribution in [-0.4, -0.2) is 43.2 Å². The summed E-state index contributed by atoms with van der Waals surface area (Å²) in [5.41, 5.74) is 3.86. The van der Waals surface area contributed by atoms with Crippen LogP contribution in [-0.2, 0) is 13.0 Å². The van der Waals surface area contributed by atoms with Crippen molar-refractivity contribution in [3.63, 3.8) is 0 Å². The summed E-state index contributed by atoms with van der Waals surface area (Å²) in [6.45, 7) is 4.56. The predicted octanol–water partition coefficient (Wildman–Crippen LogP) is 3.70. The van der Waals surface area contributed by atoms with E-state index >= 15 is 0 Å². The average molecular weight is 429 g/mol. The van der Waals surface area contributed by atoms with Crippen molar-refractivity contribution in [3.8, 4) is 0 Å². The minimum absolute atomic E-state index is 0.0772. The van der Waals surface area contributed by atoms with E-state index < -0.39 is 0 Å². The number of piperidine rings is 1. The second kappa shape index (κ2) is 9.04. The lowest BCUT2D eigenvalue weighted by molar-refractivity contribution is 0.177. The van der Waals surface area contributed by atoms with Crippen LogP contribution < -0.4 is 5.56 Å². The molecule has 5 rings (SSSR count). The van der Waals surface area contributed by atoms with Gasteiger partial charge in [0.25, 0.3) is 5.56 Å². The molecule has 1 aliphatic rings. The molecule has 1 aliphatic heterocycles. The zero-order chi connectivity index (χ0) is 21.9. The number of aromatic nitrogens is 5. The van der Waals surface area contributed by atoms with Crippen molar-refractivity contribution in [2.45, 2.75) is 45.2 Å². The molecule has 0 bridgehead atoms. The SMILES string of the molecule is CCc1ccc2[nH]c(=O)c([C@H](c3nnnn3Cc3ccccc3)N3CCCCC3)cc2c1. The second-order valence-electron chi connectivity index (χ2n) is 8.51. The average Bonchev–Trinajstić information content (AvgIpc) is 3.28. The molecular weight excluding hydrogens is 400 g/mol. The van der Waals surface area contributed by atoms with E-state index in [-0.39, 0.29) is 11.6 Å². The maximum Gasteiger partial charge on any atom is 0.253 e. The van der Waals surface area contributed by atoms with Crippen LogP contribution in [0.5, 0.6) is 0 Å². The molecule has 0 unspecified atom stereocenters. The van der Waals surface area contributed by atoms with Crippen LogP contribution in [0.2, 0.25) is 0 Å². The van der Waals surface area contributed by atoms with E-state index in [1.807, 2.05) is 35.0 Å². The lowest BCUT2D eigenvalue weighted by Crippen LogP contribution is -2.38. The number of rotatable bonds is 6. The Morgan fingerprint density at radius 3 is 2.59 bits per heavy atom. The highest BCUT2D eigenvalue weighted by molar-refractivity contribution is 5.80. The Morgan fingerprint density at radius 1 is 1.00 bits per heavy atom. The largest absolute Gasteiger partial charge is 0.322 e. The summed E-state index contributed by atoms with van der Waals surface area (Å²) in [5.74, 6) is 0.715. The van der Waals surface area contributed by atoms with Crippen molar-refractivity contribution in [3.05, 3.63) is 87.5 Å². The molecular formula is C25H28N6O. The van der Waals surface area contributed by atoms with E-state index in [1.54, 1.807) is 0 Å². The molecule has 3 heterocycles. The molecule has 0 spiro atoms. The number of nitrogens with zero attached hydrogens (tertiary/aromatic N) is 5. The normalized spacial score (nSPS) is 15.8. The standard InChI is InChI=1S/C25H28N6O/c1-2-18-11-12-22-20(15-18)16-21(25(32)26-22)23(30-13-7-4-8-14-30)24-27-28-29-31(24)17-19-9-5-3-6-10-19/h3,5-6,9-12,15-16,23H,2,4,7-8,13-14,17H2,1H3,(H,26,32)/t23-/m1/s1. The number of tetrazole rings is 1. The minimum atomic E-state index is -0.285. The number of pyridine rings is 1. The van der Waals surface area contributed by atoms with Crippen molar-refractivity contribution in [2.24, 2.45) is 0 Å². The minimum Gasteiger partial charge on any atom is -0.322 e. The molecule has 0 radical (unpaired) electrons. The van der Waals surface area contributed by atoms with Crippen LogP contribution in [0.15, 0.2) is 59.4 Å². The van der Waals surface area contributed by atoms with Crippen LogP contribution >= 0.6 is 0 Å². The third-order valence-corrected chi connectivity index (χ3v) is 6.38. The van der Waals surface area contributed by atoms with Gasteiger partial charge in [-0.1, -0.05) is 49.7 Å². The molecule has 1 fully saturated rings. The first kappa shape index (κ1) is 20.6. The highest BCUT2D eigenvalue weighted by Crippen LogP contribution is 2.29. The molecule has 1 atom stereocenters. The van der Waals surface area contributed by atoms with Crippen LogP contribution in [0.4, 0.5) is 0 Å². The van der Waals surface area contributed by atoms with Gasteiger partial charge in [-0.05, 0) is 77.5 Å². The highest BCUT2D eigenvalue weighted by atomic mass is 16.1. The van der Waals surface area contributed by atoms with E-state index in [2.05, 4.69) is 56.6 Å². The summed E-state index contributed by atoms with van der Waals surface area (Å²) < 4.78 is 1.83. The molecule has 2 aromatic heterocycles. The van der Waals surface area contributed by atoms with Gasteiger partial charge in [-0.25, -0.2) is 4.68 Å². The topological polar surface area (TPSA) is 79.7 Å². The van der Waals surface area contributed by atoms with Gasteiger partial charge in [0.05, 0.1) is 6.54 Å². The monoisotopic (exact) mass is 428 g/mol. The molecule has 2 aromatic carbocycles. The fourth-order valence-electron chi connectivity index (χ4n) is 4.65. The van der Waals surface area contributed by atoms with Crippen molar-refractivity contribution in [1.82, 2.24) is 30.1 Å². The molecule has 1 N–H and O–H groups in total. The number of aryl methyl sites for hydroxylation is 1. The number of nitrogens with one attached hydrogen (secondary N) is 1. The van der Waals surface area contributed by atoms with Gasteiger partial charge < -0.3 is 4.98 Å². The number of likely N-dealkylation sites (tertiary alicyclic amines) is 1. The Labute approximate surface area is 187 Å². The summed E-state index contributed by atoms with van der Waals surface area (Å²) in [4.78, 5) is 18.7. The summed E-state index contributed by atoms with van der Waals surface area (Å²) in [6, 6.07) is 18.1. The van der Waals surface area contributed by atoms with Crippen molar-refractivity contribution in [1.29, 1.82) is 0 Å². The molecule has 164 valence electrons. The van der Waals surface area contributed by atoms with Gasteiger partial charge in [0.2, 0.25) is 0 Å². The van der Waals surface area contributed by atoms with Gasteiger partial charge in [-0.3, -0.25) is 9.69 Å². The molecule has 0 aliphatic carbocycles. The van der Waals surface area contributed by atoms with E-state index in [1.165, 1.54) is 12.0 Å². The quantitative estimate of drug-likeness (QED) is 0.507. The Balaban J connectivity index is 1.62. The summed E-state index contributed by atoms with van der Waals surface area (Å²) in [5, 5.41) is 13.8. The molecule has 7 nitrogen and oxygen atoms in total. The van der Waals surface area contributed by atoms with E-state index in [0.29, 0.717) is 17.9 Å². The summed E-state index contributed by atoms with van der Waals surface area (Å²) in [7, 11) is 0. The number of hydrogen-bond acceptors (Lipinski definition) is 5. The van der Waals surface area contributed by atoms with Gasteiger partial charge in [-0.2, -0.15) is 0 Å². The van der Waals surface area contributed by atoms with Gasteiger partial charge in [0.15, 0.2) is 5.82 Å². The number of hydrogen-bond donors (Lipinski definition) is 1. The molecule has 0 saturated carbocycles. The molecule has 4 aromatic rings. The third kappa shape index (κ3) is 4.08. The number of aromatic amines is 1. The maximum absolute atomic E-state index is 13.3. The van der Waals surface area contributed by atoms with Gasteiger partial charge in [0.1, 0.15) is 6.04 Å².